The molecule has 0 aliphatic heterocycles. The molecule has 0 fully saturated rings. The lowest BCUT2D eigenvalue weighted by atomic mass is 9.94. The molecule has 0 aliphatic carbocycles. The zero-order valence-corrected chi connectivity index (χ0v) is 31.1. The number of rotatable bonds is 14. The first-order valence-electron chi connectivity index (χ1n) is 16.7. The van der Waals surface area contributed by atoms with E-state index in [4.69, 9.17) is 9.16 Å². The van der Waals surface area contributed by atoms with Gasteiger partial charge in [0.25, 0.3) is 5.91 Å². The number of halogens is 1. The van der Waals surface area contributed by atoms with Crippen LogP contribution in [0.15, 0.2) is 79.1 Å². The van der Waals surface area contributed by atoms with Crippen LogP contribution >= 0.6 is 0 Å². The Morgan fingerprint density at radius 2 is 1.54 bits per heavy atom. The van der Waals surface area contributed by atoms with Crippen molar-refractivity contribution in [1.82, 2.24) is 19.9 Å². The van der Waals surface area contributed by atoms with Crippen LogP contribution < -0.4 is 5.32 Å². The number of carbonyl (C=O) groups is 3. The Balaban J connectivity index is 1.87. The number of allylic oxidation sites excluding steroid dienone is 1. The molecule has 0 bridgehead atoms. The maximum absolute atomic E-state index is 14.2. The average Bonchev–Trinajstić information content (AvgIpc) is 3.42. The molecule has 0 aliphatic rings. The summed E-state index contributed by atoms with van der Waals surface area (Å²) >= 11 is 0. The van der Waals surface area contributed by atoms with Gasteiger partial charge in [0.2, 0.25) is 0 Å². The Morgan fingerprint density at radius 3 is 2.12 bits per heavy atom. The summed E-state index contributed by atoms with van der Waals surface area (Å²) in [6.07, 6.45) is 5.62. The molecule has 2 aromatic heterocycles. The molecular weight excluding hydrogens is 652 g/mol. The molecule has 2 heterocycles. The third kappa shape index (κ3) is 9.28. The summed E-state index contributed by atoms with van der Waals surface area (Å²) in [7, 11) is -1.03. The number of hydrogen-bond acceptors (Lipinski definition) is 7. The van der Waals surface area contributed by atoms with E-state index in [0.29, 0.717) is 33.9 Å². The van der Waals surface area contributed by atoms with Gasteiger partial charge in [-0.3, -0.25) is 14.4 Å². The fraction of sp³-hybridized carbons (Fsp3) is 0.359. The molecule has 11 heteroatoms. The van der Waals surface area contributed by atoms with E-state index in [9.17, 15) is 18.8 Å². The summed E-state index contributed by atoms with van der Waals surface area (Å²) in [5, 5.41) is 2.84. The van der Waals surface area contributed by atoms with Crippen LogP contribution in [-0.4, -0.2) is 53.7 Å². The molecule has 1 amide bonds. The minimum atomic E-state index is -2.34. The molecule has 4 aromatic rings. The molecular formula is C39H47FN4O5Si. The van der Waals surface area contributed by atoms with E-state index in [1.807, 2.05) is 48.7 Å². The second-order valence-electron chi connectivity index (χ2n) is 14.0. The van der Waals surface area contributed by atoms with E-state index in [1.54, 1.807) is 36.7 Å². The Morgan fingerprint density at radius 1 is 0.920 bits per heavy atom. The Hall–Kier alpha value is -4.74. The lowest BCUT2D eigenvalue weighted by Gasteiger charge is -2.39. The van der Waals surface area contributed by atoms with Gasteiger partial charge in [-0.15, -0.1) is 0 Å². The number of amides is 1. The first-order chi connectivity index (χ1) is 23.6. The van der Waals surface area contributed by atoms with E-state index in [-0.39, 0.29) is 42.2 Å². The van der Waals surface area contributed by atoms with Gasteiger partial charge in [-0.2, -0.15) is 0 Å². The maximum Gasteiger partial charge on any atom is 0.308 e. The monoisotopic (exact) mass is 698 g/mol. The largest absolute Gasteiger partial charge is 0.469 e. The summed E-state index contributed by atoms with van der Waals surface area (Å²) in [6.45, 7) is 14.4. The van der Waals surface area contributed by atoms with Crippen molar-refractivity contribution in [3.8, 4) is 22.3 Å². The number of methoxy groups -OCH3 is 1. The van der Waals surface area contributed by atoms with Crippen molar-refractivity contribution in [2.24, 2.45) is 0 Å². The van der Waals surface area contributed by atoms with Gasteiger partial charge < -0.3 is 19.0 Å². The molecule has 0 unspecified atom stereocenters. The topological polar surface area (TPSA) is 112 Å². The molecule has 0 saturated heterocycles. The Labute approximate surface area is 295 Å². The number of hydrogen-bond donors (Lipinski definition) is 1. The number of ketones is 1. The maximum atomic E-state index is 14.2. The fourth-order valence-corrected chi connectivity index (χ4v) is 6.83. The molecule has 264 valence electrons. The Kier molecular flexibility index (Phi) is 12.4. The number of ether oxygens (including phenoxy) is 1. The van der Waals surface area contributed by atoms with Crippen molar-refractivity contribution in [3.05, 3.63) is 102 Å². The minimum Gasteiger partial charge on any atom is -0.469 e. The van der Waals surface area contributed by atoms with Crippen LogP contribution in [0.3, 0.4) is 0 Å². The standard InChI is InChI=1S/C39H47FN4O5Si/c1-26(2)44-32(20-19-30(45)23-31(24-34(46)48-6)49-50(7,8)39(3,4)5)35(28-15-17-29(40)18-16-28)36(27-13-10-9-11-14-27)37(44)38(47)43-25-33-41-21-12-22-42-33/h9-22,26,31H,23-25H2,1-8H3,(H,43,47)/b20-19+/t31-/m1/s1. The second-order valence-corrected chi connectivity index (χ2v) is 18.7. The van der Waals surface area contributed by atoms with Gasteiger partial charge in [0.1, 0.15) is 17.3 Å². The van der Waals surface area contributed by atoms with Gasteiger partial charge in [-0.1, -0.05) is 63.2 Å². The molecule has 0 saturated carbocycles. The molecule has 0 radical (unpaired) electrons. The van der Waals surface area contributed by atoms with Crippen LogP contribution in [-0.2, 0) is 25.3 Å². The predicted molar refractivity (Wildman–Crippen MR) is 196 cm³/mol. The average molecular weight is 699 g/mol. The molecule has 2 aromatic carbocycles. The first kappa shape index (κ1) is 38.1. The Bertz CT molecular complexity index is 1820. The summed E-state index contributed by atoms with van der Waals surface area (Å²) < 4.78 is 27.6. The van der Waals surface area contributed by atoms with Crippen molar-refractivity contribution >= 4 is 32.1 Å². The van der Waals surface area contributed by atoms with Gasteiger partial charge in [-0.25, -0.2) is 14.4 Å². The lowest BCUT2D eigenvalue weighted by molar-refractivity contribution is -0.142. The SMILES string of the molecule is COC(=O)C[C@@H](CC(=O)/C=C/c1c(-c2ccc(F)cc2)c(-c2ccccc2)c(C(=O)NCc2ncccn2)n1C(C)C)O[Si](C)(C)C(C)(C)C. The quantitative estimate of drug-likeness (QED) is 0.0803. The van der Waals surface area contributed by atoms with E-state index < -0.39 is 26.2 Å². The predicted octanol–water partition coefficient (Wildman–Crippen LogP) is 8.19. The summed E-state index contributed by atoms with van der Waals surface area (Å²) in [5.74, 6) is -1.02. The van der Waals surface area contributed by atoms with Crippen LogP contribution in [0.5, 0.6) is 0 Å². The van der Waals surface area contributed by atoms with Crippen molar-refractivity contribution in [2.75, 3.05) is 7.11 Å². The highest BCUT2D eigenvalue weighted by atomic mass is 28.4. The highest BCUT2D eigenvalue weighted by Gasteiger charge is 2.40. The molecule has 1 atom stereocenters. The van der Waals surface area contributed by atoms with E-state index in [1.165, 1.54) is 25.3 Å². The number of aromatic nitrogens is 3. The number of carbonyl (C=O) groups excluding carboxylic acids is 3. The zero-order chi connectivity index (χ0) is 36.6. The van der Waals surface area contributed by atoms with E-state index in [0.717, 1.165) is 5.56 Å². The smallest absolute Gasteiger partial charge is 0.308 e. The van der Waals surface area contributed by atoms with Crippen LogP contribution in [0.25, 0.3) is 28.3 Å². The van der Waals surface area contributed by atoms with E-state index >= 15 is 0 Å². The van der Waals surface area contributed by atoms with Gasteiger partial charge in [0, 0.05) is 36.0 Å². The fourth-order valence-electron chi connectivity index (χ4n) is 5.47. The number of nitrogens with zero attached hydrogens (tertiary/aromatic N) is 3. The van der Waals surface area contributed by atoms with Crippen LogP contribution in [0.2, 0.25) is 18.1 Å². The number of esters is 1. The molecule has 0 spiro atoms. The zero-order valence-electron chi connectivity index (χ0n) is 30.1. The second kappa shape index (κ2) is 16.3. The van der Waals surface area contributed by atoms with E-state index in [2.05, 4.69) is 49.1 Å². The molecule has 50 heavy (non-hydrogen) atoms. The van der Waals surface area contributed by atoms with Gasteiger partial charge in [-0.05, 0) is 73.5 Å². The van der Waals surface area contributed by atoms with Crippen molar-refractivity contribution < 1.29 is 27.9 Å². The summed E-state index contributed by atoms with van der Waals surface area (Å²) in [5.41, 5.74) is 3.71. The van der Waals surface area contributed by atoms with Crippen molar-refractivity contribution in [3.63, 3.8) is 0 Å². The normalized spacial score (nSPS) is 12.7. The third-order valence-electron chi connectivity index (χ3n) is 8.94. The van der Waals surface area contributed by atoms with Gasteiger partial charge >= 0.3 is 5.97 Å². The first-order valence-corrected chi connectivity index (χ1v) is 19.6. The summed E-state index contributed by atoms with van der Waals surface area (Å²) in [4.78, 5) is 48.8. The molecule has 4 rings (SSSR count). The highest BCUT2D eigenvalue weighted by molar-refractivity contribution is 6.74. The lowest BCUT2D eigenvalue weighted by Crippen LogP contribution is -2.44. The van der Waals surface area contributed by atoms with Gasteiger partial charge in [0.15, 0.2) is 14.1 Å². The van der Waals surface area contributed by atoms with Crippen LogP contribution in [0.1, 0.15) is 75.5 Å². The van der Waals surface area contributed by atoms with Crippen molar-refractivity contribution in [1.29, 1.82) is 0 Å². The molecule has 1 N–H and O–H groups in total. The highest BCUT2D eigenvalue weighted by Crippen LogP contribution is 2.43. The van der Waals surface area contributed by atoms with Crippen LogP contribution in [0, 0.1) is 5.82 Å². The van der Waals surface area contributed by atoms with Crippen LogP contribution in [0.4, 0.5) is 4.39 Å². The third-order valence-corrected chi connectivity index (χ3v) is 13.5. The van der Waals surface area contributed by atoms with Crippen molar-refractivity contribution in [2.45, 2.75) is 84.3 Å². The molecule has 9 nitrogen and oxygen atoms in total. The number of nitrogens with one attached hydrogen (secondary N) is 1. The minimum absolute atomic E-state index is 0.0393. The van der Waals surface area contributed by atoms with Gasteiger partial charge in [0.05, 0.1) is 31.9 Å². The summed E-state index contributed by atoms with van der Waals surface area (Å²) in [6, 6.07) is 17.0. The number of benzene rings is 2.